The fourth-order valence-electron chi connectivity index (χ4n) is 1.36. The standard InChI is InChI=1S/C11H9ClO2/c12-10-4-2-1-3-8(10)7-9-5-6-14-11(9)13/h1-4,7H,5-6H2. The first-order valence-corrected chi connectivity index (χ1v) is 4.77. The lowest BCUT2D eigenvalue weighted by Crippen LogP contribution is -1.94. The summed E-state index contributed by atoms with van der Waals surface area (Å²) in [6, 6.07) is 7.42. The molecule has 1 aliphatic heterocycles. The summed E-state index contributed by atoms with van der Waals surface area (Å²) in [4.78, 5) is 11.2. The van der Waals surface area contributed by atoms with Gasteiger partial charge in [0, 0.05) is 17.0 Å². The molecule has 2 rings (SSSR count). The van der Waals surface area contributed by atoms with Crippen LogP contribution in [0.3, 0.4) is 0 Å². The Hall–Kier alpha value is -1.28. The topological polar surface area (TPSA) is 26.3 Å². The van der Waals surface area contributed by atoms with E-state index in [4.69, 9.17) is 16.3 Å². The van der Waals surface area contributed by atoms with Crippen molar-refractivity contribution in [3.8, 4) is 0 Å². The van der Waals surface area contributed by atoms with Crippen molar-refractivity contribution in [3.63, 3.8) is 0 Å². The van der Waals surface area contributed by atoms with Crippen LogP contribution in [0.15, 0.2) is 29.8 Å². The van der Waals surface area contributed by atoms with Crippen molar-refractivity contribution in [1.82, 2.24) is 0 Å². The smallest absolute Gasteiger partial charge is 0.334 e. The minimum Gasteiger partial charge on any atom is -0.462 e. The number of esters is 1. The third kappa shape index (κ3) is 1.80. The lowest BCUT2D eigenvalue weighted by molar-refractivity contribution is -0.134. The second-order valence-corrected chi connectivity index (χ2v) is 3.48. The third-order valence-corrected chi connectivity index (χ3v) is 2.45. The molecule has 1 aromatic carbocycles. The molecule has 0 unspecified atom stereocenters. The highest BCUT2D eigenvalue weighted by atomic mass is 35.5. The number of carbonyl (C=O) groups is 1. The summed E-state index contributed by atoms with van der Waals surface area (Å²) in [6.07, 6.45) is 2.46. The normalized spacial score (nSPS) is 18.6. The van der Waals surface area contributed by atoms with Gasteiger partial charge < -0.3 is 4.74 Å². The number of ether oxygens (including phenoxy) is 1. The van der Waals surface area contributed by atoms with Gasteiger partial charge in [-0.05, 0) is 17.7 Å². The zero-order valence-corrected chi connectivity index (χ0v) is 8.25. The van der Waals surface area contributed by atoms with Crippen LogP contribution in [0.25, 0.3) is 6.08 Å². The van der Waals surface area contributed by atoms with E-state index in [1.807, 2.05) is 18.2 Å². The summed E-state index contributed by atoms with van der Waals surface area (Å²) < 4.78 is 4.83. The van der Waals surface area contributed by atoms with Gasteiger partial charge >= 0.3 is 5.97 Å². The van der Waals surface area contributed by atoms with Crippen LogP contribution in [0.4, 0.5) is 0 Å². The van der Waals surface area contributed by atoms with Gasteiger partial charge in [0.2, 0.25) is 0 Å². The van der Waals surface area contributed by atoms with Crippen LogP contribution in [0.1, 0.15) is 12.0 Å². The summed E-state index contributed by atoms with van der Waals surface area (Å²) in [6.45, 7) is 0.481. The van der Waals surface area contributed by atoms with Gasteiger partial charge in [0.25, 0.3) is 0 Å². The Labute approximate surface area is 87.1 Å². The highest BCUT2D eigenvalue weighted by Gasteiger charge is 2.18. The second kappa shape index (κ2) is 3.84. The van der Waals surface area contributed by atoms with Crippen LogP contribution in [0, 0.1) is 0 Å². The first-order valence-electron chi connectivity index (χ1n) is 4.39. The van der Waals surface area contributed by atoms with Crippen molar-refractivity contribution < 1.29 is 9.53 Å². The summed E-state index contributed by atoms with van der Waals surface area (Å²) in [5.74, 6) is -0.232. The van der Waals surface area contributed by atoms with Crippen LogP contribution >= 0.6 is 11.6 Å². The Morgan fingerprint density at radius 1 is 1.36 bits per heavy atom. The molecule has 0 N–H and O–H groups in total. The number of hydrogen-bond donors (Lipinski definition) is 0. The van der Waals surface area contributed by atoms with Crippen LogP contribution < -0.4 is 0 Å². The highest BCUT2D eigenvalue weighted by molar-refractivity contribution is 6.32. The zero-order valence-electron chi connectivity index (χ0n) is 7.50. The maximum absolute atomic E-state index is 11.2. The van der Waals surface area contributed by atoms with E-state index in [1.165, 1.54) is 0 Å². The van der Waals surface area contributed by atoms with E-state index in [9.17, 15) is 4.79 Å². The van der Waals surface area contributed by atoms with Gasteiger partial charge in [0.05, 0.1) is 6.61 Å². The Bertz CT molecular complexity index is 396. The fraction of sp³-hybridized carbons (Fsp3) is 0.182. The van der Waals surface area contributed by atoms with Crippen molar-refractivity contribution in [2.45, 2.75) is 6.42 Å². The molecule has 1 fully saturated rings. The van der Waals surface area contributed by atoms with Crippen molar-refractivity contribution in [3.05, 3.63) is 40.4 Å². The maximum atomic E-state index is 11.2. The molecule has 0 aromatic heterocycles. The molecule has 1 aromatic rings. The molecule has 0 bridgehead atoms. The molecule has 3 heteroatoms. The molecular formula is C11H9ClO2. The van der Waals surface area contributed by atoms with Crippen LogP contribution in [-0.2, 0) is 9.53 Å². The van der Waals surface area contributed by atoms with E-state index in [1.54, 1.807) is 12.1 Å². The molecule has 0 spiro atoms. The van der Waals surface area contributed by atoms with E-state index in [-0.39, 0.29) is 5.97 Å². The third-order valence-electron chi connectivity index (χ3n) is 2.10. The molecule has 0 saturated carbocycles. The van der Waals surface area contributed by atoms with Crippen LogP contribution in [0.5, 0.6) is 0 Å². The molecule has 14 heavy (non-hydrogen) atoms. The Kier molecular flexibility index (Phi) is 2.55. The monoisotopic (exact) mass is 208 g/mol. The first kappa shape index (κ1) is 9.28. The molecular weight excluding hydrogens is 200 g/mol. The Morgan fingerprint density at radius 3 is 2.79 bits per heavy atom. The van der Waals surface area contributed by atoms with Crippen LogP contribution in [-0.4, -0.2) is 12.6 Å². The fourth-order valence-corrected chi connectivity index (χ4v) is 1.55. The Balaban J connectivity index is 2.33. The lowest BCUT2D eigenvalue weighted by Gasteiger charge is -1.97. The highest BCUT2D eigenvalue weighted by Crippen LogP contribution is 2.22. The second-order valence-electron chi connectivity index (χ2n) is 3.08. The number of rotatable bonds is 1. The summed E-state index contributed by atoms with van der Waals surface area (Å²) >= 11 is 5.95. The van der Waals surface area contributed by atoms with Crippen molar-refractivity contribution >= 4 is 23.6 Å². The average Bonchev–Trinajstić information content (AvgIpc) is 2.56. The minimum absolute atomic E-state index is 0.232. The molecule has 0 radical (unpaired) electrons. The number of benzene rings is 1. The Morgan fingerprint density at radius 2 is 2.14 bits per heavy atom. The molecule has 72 valence electrons. The number of hydrogen-bond acceptors (Lipinski definition) is 2. The summed E-state index contributed by atoms with van der Waals surface area (Å²) in [5, 5.41) is 0.653. The van der Waals surface area contributed by atoms with Gasteiger partial charge in [-0.25, -0.2) is 4.79 Å². The number of carbonyl (C=O) groups excluding carboxylic acids is 1. The van der Waals surface area contributed by atoms with Crippen molar-refractivity contribution in [1.29, 1.82) is 0 Å². The summed E-state index contributed by atoms with van der Waals surface area (Å²) in [7, 11) is 0. The van der Waals surface area contributed by atoms with Gasteiger partial charge in [0.1, 0.15) is 0 Å². The molecule has 0 amide bonds. The SMILES string of the molecule is O=C1OCCC1=Cc1ccccc1Cl. The molecule has 1 heterocycles. The van der Waals surface area contributed by atoms with E-state index in [2.05, 4.69) is 0 Å². The molecule has 2 nitrogen and oxygen atoms in total. The van der Waals surface area contributed by atoms with E-state index in [0.717, 1.165) is 5.56 Å². The van der Waals surface area contributed by atoms with Gasteiger partial charge in [-0.2, -0.15) is 0 Å². The largest absolute Gasteiger partial charge is 0.462 e. The predicted molar refractivity (Wildman–Crippen MR) is 55.0 cm³/mol. The van der Waals surface area contributed by atoms with Crippen molar-refractivity contribution in [2.24, 2.45) is 0 Å². The van der Waals surface area contributed by atoms with Crippen molar-refractivity contribution in [2.75, 3.05) is 6.61 Å². The van der Waals surface area contributed by atoms with E-state index >= 15 is 0 Å². The quantitative estimate of drug-likeness (QED) is 0.524. The molecule has 0 aliphatic carbocycles. The number of cyclic esters (lactones) is 1. The molecule has 1 aliphatic rings. The van der Waals surface area contributed by atoms with Gasteiger partial charge in [-0.1, -0.05) is 29.8 Å². The van der Waals surface area contributed by atoms with Crippen LogP contribution in [0.2, 0.25) is 5.02 Å². The first-order chi connectivity index (χ1) is 6.77. The minimum atomic E-state index is -0.232. The average molecular weight is 209 g/mol. The van der Waals surface area contributed by atoms with E-state index in [0.29, 0.717) is 23.6 Å². The zero-order chi connectivity index (χ0) is 9.97. The molecule has 1 saturated heterocycles. The lowest BCUT2D eigenvalue weighted by atomic mass is 10.1. The van der Waals surface area contributed by atoms with Gasteiger partial charge in [0.15, 0.2) is 0 Å². The number of halogens is 1. The summed E-state index contributed by atoms with van der Waals surface area (Å²) in [5.41, 5.74) is 1.56. The molecule has 0 atom stereocenters. The maximum Gasteiger partial charge on any atom is 0.334 e. The van der Waals surface area contributed by atoms with E-state index < -0.39 is 0 Å². The van der Waals surface area contributed by atoms with Gasteiger partial charge in [-0.15, -0.1) is 0 Å². The predicted octanol–water partition coefficient (Wildman–Crippen LogP) is 2.67. The van der Waals surface area contributed by atoms with Gasteiger partial charge in [-0.3, -0.25) is 0 Å².